The topological polar surface area (TPSA) is 92.7 Å². The van der Waals surface area contributed by atoms with Crippen LogP contribution in [0, 0.1) is 23.7 Å². The maximum Gasteiger partial charge on any atom is 0.340 e. The molecular weight excluding hydrogens is 438 g/mol. The number of anilines is 1. The van der Waals surface area contributed by atoms with Gasteiger partial charge in [0.2, 0.25) is 5.91 Å². The van der Waals surface area contributed by atoms with E-state index in [1.807, 2.05) is 51.1 Å². The molecule has 2 bridgehead atoms. The lowest BCUT2D eigenvalue weighted by molar-refractivity contribution is -0.148. The van der Waals surface area contributed by atoms with Crippen molar-refractivity contribution in [3.63, 3.8) is 0 Å². The highest BCUT2D eigenvalue weighted by Gasteiger charge is 2.57. The zero-order valence-electron chi connectivity index (χ0n) is 19.3. The number of nitrogens with one attached hydrogen (secondary N) is 1. The van der Waals surface area contributed by atoms with Gasteiger partial charge in [-0.05, 0) is 50.2 Å². The Hall–Kier alpha value is -2.93. The van der Waals surface area contributed by atoms with E-state index in [1.54, 1.807) is 6.07 Å². The molecule has 2 N–H and O–H groups in total. The second-order valence-corrected chi connectivity index (χ2v) is 10.2. The van der Waals surface area contributed by atoms with E-state index in [-0.39, 0.29) is 23.7 Å². The number of thiophene rings is 1. The van der Waals surface area contributed by atoms with Gasteiger partial charge in [-0.2, -0.15) is 0 Å². The van der Waals surface area contributed by atoms with Crippen molar-refractivity contribution in [1.82, 2.24) is 0 Å². The normalized spacial score (nSPS) is 24.4. The van der Waals surface area contributed by atoms with Gasteiger partial charge in [0, 0.05) is 10.8 Å². The van der Waals surface area contributed by atoms with Crippen LogP contribution in [0.3, 0.4) is 0 Å². The number of carboxylic acid groups (broad SMARTS) is 1. The van der Waals surface area contributed by atoms with Crippen LogP contribution in [0.5, 0.6) is 0 Å². The Morgan fingerprint density at radius 3 is 2.30 bits per heavy atom. The number of fused-ring (bicyclic) bond motifs is 2. The van der Waals surface area contributed by atoms with Crippen LogP contribution < -0.4 is 5.32 Å². The number of ether oxygens (including phenoxy) is 1. The SMILES string of the molecule is COC(=O)c1cc([C@@H](C)c2ccccc2)sc1NC(=O)[C@@H]1[C@@H](C(=O)O)[C@H]2CC[C@@H]1C2=C(C)C. The monoisotopic (exact) mass is 467 g/mol. The summed E-state index contributed by atoms with van der Waals surface area (Å²) in [6, 6.07) is 11.7. The largest absolute Gasteiger partial charge is 0.481 e. The van der Waals surface area contributed by atoms with E-state index in [9.17, 15) is 19.5 Å². The number of carboxylic acids is 1. The highest BCUT2D eigenvalue weighted by molar-refractivity contribution is 7.16. The number of carbonyl (C=O) groups is 3. The van der Waals surface area contributed by atoms with E-state index in [1.165, 1.54) is 18.4 Å². The molecule has 6 nitrogen and oxygen atoms in total. The number of carbonyl (C=O) groups excluding carboxylic acids is 2. The van der Waals surface area contributed by atoms with Crippen molar-refractivity contribution in [2.24, 2.45) is 23.7 Å². The molecule has 1 aromatic carbocycles. The summed E-state index contributed by atoms with van der Waals surface area (Å²) >= 11 is 1.34. The summed E-state index contributed by atoms with van der Waals surface area (Å²) in [6.07, 6.45) is 1.62. The molecule has 2 saturated carbocycles. The Balaban J connectivity index is 1.66. The first-order valence-corrected chi connectivity index (χ1v) is 12.0. The van der Waals surface area contributed by atoms with Crippen LogP contribution in [0.4, 0.5) is 5.00 Å². The Morgan fingerprint density at radius 1 is 1.09 bits per heavy atom. The van der Waals surface area contributed by atoms with Gasteiger partial charge in [0.1, 0.15) is 5.00 Å². The second kappa shape index (κ2) is 9.14. The number of hydrogen-bond acceptors (Lipinski definition) is 5. The van der Waals surface area contributed by atoms with Crippen LogP contribution in [-0.2, 0) is 14.3 Å². The highest BCUT2D eigenvalue weighted by atomic mass is 32.1. The van der Waals surface area contributed by atoms with Crippen LogP contribution >= 0.6 is 11.3 Å². The number of benzene rings is 1. The van der Waals surface area contributed by atoms with Crippen LogP contribution in [0.1, 0.15) is 60.3 Å². The number of esters is 1. The smallest absolute Gasteiger partial charge is 0.340 e. The van der Waals surface area contributed by atoms with Gasteiger partial charge in [0.25, 0.3) is 0 Å². The van der Waals surface area contributed by atoms with Crippen LogP contribution in [-0.4, -0.2) is 30.1 Å². The average Bonchev–Trinajstić information content (AvgIpc) is 3.50. The van der Waals surface area contributed by atoms with Gasteiger partial charge < -0.3 is 15.2 Å². The second-order valence-electron chi connectivity index (χ2n) is 9.14. The van der Waals surface area contributed by atoms with Gasteiger partial charge in [0.05, 0.1) is 24.5 Å². The summed E-state index contributed by atoms with van der Waals surface area (Å²) in [5.41, 5.74) is 3.63. The minimum absolute atomic E-state index is 0.0248. The molecule has 0 aliphatic heterocycles. The standard InChI is InChI=1S/C26H29NO5S/c1-13(2)20-16-10-11-17(20)22(25(29)30)21(16)23(28)27-24-18(26(31)32-4)12-19(33-24)14(3)15-8-6-5-7-9-15/h5-9,12,14,16-17,21-22H,10-11H2,1-4H3,(H,27,28)(H,29,30)/t14-,16+,17-,21-,22-/m0/s1. The van der Waals surface area contributed by atoms with Gasteiger partial charge >= 0.3 is 11.9 Å². The molecule has 2 fully saturated rings. The maximum absolute atomic E-state index is 13.5. The first kappa shape index (κ1) is 23.2. The fraction of sp³-hybridized carbons (Fsp3) is 0.423. The van der Waals surface area contributed by atoms with Crippen molar-refractivity contribution in [2.75, 3.05) is 12.4 Å². The summed E-state index contributed by atoms with van der Waals surface area (Å²) in [5.74, 6) is -3.31. The molecule has 1 aromatic heterocycles. The number of rotatable bonds is 6. The van der Waals surface area contributed by atoms with E-state index in [2.05, 4.69) is 5.32 Å². The predicted molar refractivity (Wildman–Crippen MR) is 127 cm³/mol. The fourth-order valence-electron chi connectivity index (χ4n) is 5.68. The van der Waals surface area contributed by atoms with Gasteiger partial charge in [-0.15, -0.1) is 11.3 Å². The Kier molecular flexibility index (Phi) is 6.43. The van der Waals surface area contributed by atoms with E-state index in [0.29, 0.717) is 10.6 Å². The third-order valence-corrected chi connectivity index (χ3v) is 8.36. The minimum Gasteiger partial charge on any atom is -0.481 e. The first-order valence-electron chi connectivity index (χ1n) is 11.2. The Bertz CT molecular complexity index is 1110. The predicted octanol–water partition coefficient (Wildman–Crippen LogP) is 5.32. The van der Waals surface area contributed by atoms with Crippen molar-refractivity contribution in [3.8, 4) is 0 Å². The summed E-state index contributed by atoms with van der Waals surface area (Å²) in [6.45, 7) is 6.03. The van der Waals surface area contributed by atoms with Crippen molar-refractivity contribution in [2.45, 2.75) is 39.5 Å². The number of amides is 1. The van der Waals surface area contributed by atoms with Crippen LogP contribution in [0.15, 0.2) is 47.5 Å². The maximum atomic E-state index is 13.5. The molecule has 7 heteroatoms. The zero-order chi connectivity index (χ0) is 23.9. The summed E-state index contributed by atoms with van der Waals surface area (Å²) in [5, 5.41) is 13.3. The van der Waals surface area contributed by atoms with Crippen molar-refractivity contribution in [1.29, 1.82) is 0 Å². The zero-order valence-corrected chi connectivity index (χ0v) is 20.1. The van der Waals surface area contributed by atoms with Crippen LogP contribution in [0.2, 0.25) is 0 Å². The highest BCUT2D eigenvalue weighted by Crippen LogP contribution is 2.57. The lowest BCUT2D eigenvalue weighted by atomic mass is 9.79. The molecular formula is C26H29NO5S. The van der Waals surface area contributed by atoms with Gasteiger partial charge in [-0.3, -0.25) is 9.59 Å². The third-order valence-electron chi connectivity index (χ3n) is 7.13. The summed E-state index contributed by atoms with van der Waals surface area (Å²) in [7, 11) is 1.31. The number of hydrogen-bond donors (Lipinski definition) is 2. The van der Waals surface area contributed by atoms with Crippen molar-refractivity contribution in [3.05, 3.63) is 63.5 Å². The molecule has 1 heterocycles. The van der Waals surface area contributed by atoms with Crippen molar-refractivity contribution < 1.29 is 24.2 Å². The number of allylic oxidation sites excluding steroid dienone is 2. The molecule has 174 valence electrons. The van der Waals surface area contributed by atoms with Gasteiger partial charge in [-0.1, -0.05) is 48.4 Å². The molecule has 1 amide bonds. The van der Waals surface area contributed by atoms with Gasteiger partial charge in [0.15, 0.2) is 0 Å². The van der Waals surface area contributed by atoms with Crippen molar-refractivity contribution >= 4 is 34.2 Å². The van der Waals surface area contributed by atoms with E-state index >= 15 is 0 Å². The molecule has 5 atom stereocenters. The quantitative estimate of drug-likeness (QED) is 0.443. The summed E-state index contributed by atoms with van der Waals surface area (Å²) < 4.78 is 4.95. The molecule has 33 heavy (non-hydrogen) atoms. The number of methoxy groups -OCH3 is 1. The Labute approximate surface area is 197 Å². The summed E-state index contributed by atoms with van der Waals surface area (Å²) in [4.78, 5) is 39.0. The minimum atomic E-state index is -0.932. The molecule has 0 radical (unpaired) electrons. The van der Waals surface area contributed by atoms with E-state index in [0.717, 1.165) is 34.4 Å². The molecule has 2 aliphatic carbocycles. The lowest BCUT2D eigenvalue weighted by Crippen LogP contribution is -2.37. The fourth-order valence-corrected chi connectivity index (χ4v) is 6.81. The van der Waals surface area contributed by atoms with E-state index < -0.39 is 23.8 Å². The Morgan fingerprint density at radius 2 is 1.73 bits per heavy atom. The molecule has 0 spiro atoms. The number of aliphatic carboxylic acids is 1. The molecule has 0 saturated heterocycles. The third kappa shape index (κ3) is 4.10. The van der Waals surface area contributed by atoms with Gasteiger partial charge in [-0.25, -0.2) is 4.79 Å². The average molecular weight is 468 g/mol. The molecule has 2 aliphatic rings. The van der Waals surface area contributed by atoms with Crippen LogP contribution in [0.25, 0.3) is 0 Å². The molecule has 0 unspecified atom stereocenters. The first-order chi connectivity index (χ1) is 15.7. The van der Waals surface area contributed by atoms with E-state index in [4.69, 9.17) is 4.74 Å². The molecule has 2 aromatic rings. The molecule has 4 rings (SSSR count). The lowest BCUT2D eigenvalue weighted by Gasteiger charge is -2.26.